The second-order valence-electron chi connectivity index (χ2n) is 3.64. The van der Waals surface area contributed by atoms with Crippen LogP contribution in [0.25, 0.3) is 0 Å². The number of piperidine rings is 1. The van der Waals surface area contributed by atoms with Gasteiger partial charge < -0.3 is 5.32 Å². The Kier molecular flexibility index (Phi) is 4.23. The van der Waals surface area contributed by atoms with Crippen LogP contribution in [0.4, 0.5) is 0 Å². The molecule has 1 atom stereocenters. The first-order chi connectivity index (χ1) is 7.34. The molecule has 2 heterocycles. The average molecular weight is 244 g/mol. The molecule has 0 saturated carbocycles. The zero-order chi connectivity index (χ0) is 10.5. The summed E-state index contributed by atoms with van der Waals surface area (Å²) in [4.78, 5) is 8.02. The predicted molar refractivity (Wildman–Crippen MR) is 63.4 cm³/mol. The first-order valence-corrected chi connectivity index (χ1v) is 6.55. The van der Waals surface area contributed by atoms with Gasteiger partial charge in [-0.2, -0.15) is 0 Å². The lowest BCUT2D eigenvalue weighted by molar-refractivity contribution is 0.430. The van der Waals surface area contributed by atoms with Crippen LogP contribution in [0.5, 0.6) is 0 Å². The average Bonchev–Trinajstić information content (AvgIpc) is 2.28. The Labute approximate surface area is 99.0 Å². The molecule has 1 N–H and O–H groups in total. The number of halogens is 1. The van der Waals surface area contributed by atoms with Crippen molar-refractivity contribution in [2.24, 2.45) is 0 Å². The molecule has 2 rings (SSSR count). The van der Waals surface area contributed by atoms with Gasteiger partial charge in [-0.3, -0.25) is 0 Å². The Morgan fingerprint density at radius 2 is 2.40 bits per heavy atom. The highest BCUT2D eigenvalue weighted by Crippen LogP contribution is 2.20. The van der Waals surface area contributed by atoms with Crippen molar-refractivity contribution < 1.29 is 0 Å². The maximum absolute atomic E-state index is 5.79. The van der Waals surface area contributed by atoms with Gasteiger partial charge in [0.05, 0.1) is 0 Å². The van der Waals surface area contributed by atoms with E-state index in [1.54, 1.807) is 11.8 Å². The summed E-state index contributed by atoms with van der Waals surface area (Å²) in [7, 11) is 0. The number of rotatable bonds is 3. The van der Waals surface area contributed by atoms with E-state index in [0.717, 1.165) is 17.3 Å². The van der Waals surface area contributed by atoms with E-state index in [1.807, 2.05) is 6.07 Å². The van der Waals surface area contributed by atoms with Crippen molar-refractivity contribution in [1.82, 2.24) is 15.3 Å². The van der Waals surface area contributed by atoms with E-state index >= 15 is 0 Å². The largest absolute Gasteiger partial charge is 0.313 e. The molecular formula is C10H14ClN3S. The number of aromatic nitrogens is 2. The van der Waals surface area contributed by atoms with Crippen LogP contribution < -0.4 is 5.32 Å². The Hall–Kier alpha value is -0.320. The Balaban J connectivity index is 1.81. The van der Waals surface area contributed by atoms with E-state index in [-0.39, 0.29) is 0 Å². The van der Waals surface area contributed by atoms with Gasteiger partial charge in [-0.05, 0) is 19.4 Å². The molecule has 0 aliphatic carbocycles. The molecule has 0 bridgehead atoms. The van der Waals surface area contributed by atoms with Gasteiger partial charge in [0.2, 0.25) is 0 Å². The minimum Gasteiger partial charge on any atom is -0.313 e. The maximum atomic E-state index is 5.79. The van der Waals surface area contributed by atoms with Crippen molar-refractivity contribution in [1.29, 1.82) is 0 Å². The third-order valence-electron chi connectivity index (χ3n) is 2.45. The molecule has 0 unspecified atom stereocenters. The molecule has 1 saturated heterocycles. The summed E-state index contributed by atoms with van der Waals surface area (Å²) in [5, 5.41) is 4.98. The van der Waals surface area contributed by atoms with Crippen LogP contribution in [-0.2, 0) is 0 Å². The molecule has 0 aromatic carbocycles. The third-order valence-corrected chi connectivity index (χ3v) is 3.75. The van der Waals surface area contributed by atoms with Crippen molar-refractivity contribution >= 4 is 23.4 Å². The molecule has 1 fully saturated rings. The molecule has 15 heavy (non-hydrogen) atoms. The molecule has 1 aromatic heterocycles. The lowest BCUT2D eigenvalue weighted by Crippen LogP contribution is -2.35. The van der Waals surface area contributed by atoms with Gasteiger partial charge in [0.15, 0.2) is 0 Å². The second kappa shape index (κ2) is 5.68. The highest BCUT2D eigenvalue weighted by Gasteiger charge is 2.12. The summed E-state index contributed by atoms with van der Waals surface area (Å²) in [6, 6.07) is 2.44. The lowest BCUT2D eigenvalue weighted by atomic mass is 10.1. The Bertz CT molecular complexity index is 315. The molecule has 1 aliphatic rings. The number of hydrogen-bond donors (Lipinski definition) is 1. The molecule has 0 spiro atoms. The van der Waals surface area contributed by atoms with Gasteiger partial charge in [-0.1, -0.05) is 18.0 Å². The topological polar surface area (TPSA) is 37.8 Å². The van der Waals surface area contributed by atoms with Crippen LogP contribution in [0.3, 0.4) is 0 Å². The minimum absolute atomic E-state index is 0.518. The monoisotopic (exact) mass is 243 g/mol. The first kappa shape index (κ1) is 11.2. The van der Waals surface area contributed by atoms with E-state index in [0.29, 0.717) is 11.2 Å². The fraction of sp³-hybridized carbons (Fsp3) is 0.600. The molecule has 5 heteroatoms. The summed E-state index contributed by atoms with van der Waals surface area (Å²) in [6.45, 7) is 1.15. The molecule has 82 valence electrons. The third kappa shape index (κ3) is 3.63. The van der Waals surface area contributed by atoms with Gasteiger partial charge in [0.1, 0.15) is 16.5 Å². The second-order valence-corrected chi connectivity index (χ2v) is 5.06. The molecular weight excluding hydrogens is 230 g/mol. The van der Waals surface area contributed by atoms with Gasteiger partial charge >= 0.3 is 0 Å². The number of nitrogens with one attached hydrogen (secondary N) is 1. The van der Waals surface area contributed by atoms with E-state index in [4.69, 9.17) is 11.6 Å². The molecule has 3 nitrogen and oxygen atoms in total. The van der Waals surface area contributed by atoms with Crippen LogP contribution in [-0.4, -0.2) is 28.3 Å². The van der Waals surface area contributed by atoms with Gasteiger partial charge in [0.25, 0.3) is 0 Å². The Morgan fingerprint density at radius 3 is 3.13 bits per heavy atom. The minimum atomic E-state index is 0.518. The fourth-order valence-corrected chi connectivity index (χ4v) is 2.83. The summed E-state index contributed by atoms with van der Waals surface area (Å²) >= 11 is 7.53. The van der Waals surface area contributed by atoms with Gasteiger partial charge in [0, 0.05) is 17.9 Å². The smallest absolute Gasteiger partial charge is 0.133 e. The van der Waals surface area contributed by atoms with Crippen molar-refractivity contribution in [2.45, 2.75) is 30.3 Å². The quantitative estimate of drug-likeness (QED) is 0.654. The number of nitrogens with zero attached hydrogens (tertiary/aromatic N) is 2. The fourth-order valence-electron chi connectivity index (χ4n) is 1.65. The van der Waals surface area contributed by atoms with Crippen molar-refractivity contribution in [2.75, 3.05) is 12.3 Å². The van der Waals surface area contributed by atoms with E-state index in [9.17, 15) is 0 Å². The maximum Gasteiger partial charge on any atom is 0.133 e. The van der Waals surface area contributed by atoms with Crippen LogP contribution in [0, 0.1) is 0 Å². The van der Waals surface area contributed by atoms with Crippen LogP contribution >= 0.6 is 23.4 Å². The molecule has 0 radical (unpaired) electrons. The van der Waals surface area contributed by atoms with Gasteiger partial charge in [-0.25, -0.2) is 9.97 Å². The summed E-state index contributed by atoms with van der Waals surface area (Å²) in [5.41, 5.74) is 0. The van der Waals surface area contributed by atoms with Crippen molar-refractivity contribution in [3.63, 3.8) is 0 Å². The zero-order valence-corrected chi connectivity index (χ0v) is 10.0. The Morgan fingerprint density at radius 1 is 1.47 bits per heavy atom. The predicted octanol–water partition coefficient (Wildman–Crippen LogP) is 2.36. The van der Waals surface area contributed by atoms with E-state index in [2.05, 4.69) is 15.3 Å². The SMILES string of the molecule is Clc1cc(SC[C@@H]2CCCCN2)ncn1. The number of thioether (sulfide) groups is 1. The van der Waals surface area contributed by atoms with Crippen LogP contribution in [0.2, 0.25) is 5.15 Å². The molecule has 0 amide bonds. The standard InChI is InChI=1S/C10H14ClN3S/c11-9-5-10(14-7-13-9)15-6-8-3-1-2-4-12-8/h5,7-8,12H,1-4,6H2/t8-/m0/s1. The normalized spacial score (nSPS) is 21.5. The molecule has 1 aromatic rings. The summed E-state index contributed by atoms with van der Waals surface area (Å²) in [5.74, 6) is 1.06. The van der Waals surface area contributed by atoms with Crippen LogP contribution in [0.1, 0.15) is 19.3 Å². The van der Waals surface area contributed by atoms with Crippen molar-refractivity contribution in [3.05, 3.63) is 17.5 Å². The van der Waals surface area contributed by atoms with E-state index < -0.39 is 0 Å². The van der Waals surface area contributed by atoms with E-state index in [1.165, 1.54) is 25.6 Å². The highest BCUT2D eigenvalue weighted by molar-refractivity contribution is 7.99. The highest BCUT2D eigenvalue weighted by atomic mass is 35.5. The summed E-state index contributed by atoms with van der Waals surface area (Å²) < 4.78 is 0. The lowest BCUT2D eigenvalue weighted by Gasteiger charge is -2.22. The number of hydrogen-bond acceptors (Lipinski definition) is 4. The molecule has 1 aliphatic heterocycles. The van der Waals surface area contributed by atoms with Crippen molar-refractivity contribution in [3.8, 4) is 0 Å². The van der Waals surface area contributed by atoms with Gasteiger partial charge in [-0.15, -0.1) is 11.8 Å². The summed E-state index contributed by atoms with van der Waals surface area (Å²) in [6.07, 6.45) is 5.42. The first-order valence-electron chi connectivity index (χ1n) is 5.18. The van der Waals surface area contributed by atoms with Crippen LogP contribution in [0.15, 0.2) is 17.4 Å². The zero-order valence-electron chi connectivity index (χ0n) is 8.45.